The van der Waals surface area contributed by atoms with Crippen molar-refractivity contribution >= 4 is 0 Å². The van der Waals surface area contributed by atoms with E-state index in [0.717, 1.165) is 42.9 Å². The number of rotatable bonds is 5. The molecule has 4 aliphatic carbocycles. The van der Waals surface area contributed by atoms with E-state index >= 15 is 0 Å². The van der Waals surface area contributed by atoms with Gasteiger partial charge >= 0.3 is 0 Å². The summed E-state index contributed by atoms with van der Waals surface area (Å²) in [5.41, 5.74) is 2.50. The van der Waals surface area contributed by atoms with Gasteiger partial charge in [0.15, 0.2) is 0 Å². The molecule has 0 aliphatic heterocycles. The van der Waals surface area contributed by atoms with Crippen LogP contribution in [0.3, 0.4) is 0 Å². The molecule has 0 aromatic carbocycles. The third kappa shape index (κ3) is 3.89. The van der Waals surface area contributed by atoms with Crippen LogP contribution in [-0.2, 0) is 0 Å². The summed E-state index contributed by atoms with van der Waals surface area (Å²) in [7, 11) is 0. The third-order valence-electron chi connectivity index (χ3n) is 10.0. The Morgan fingerprint density at radius 1 is 1.00 bits per heavy atom. The molecule has 168 valence electrons. The molecule has 3 saturated carbocycles. The van der Waals surface area contributed by atoms with Crippen LogP contribution in [0.1, 0.15) is 92.4 Å². The van der Waals surface area contributed by atoms with Crippen LogP contribution in [0, 0.1) is 46.3 Å². The summed E-state index contributed by atoms with van der Waals surface area (Å²) >= 11 is 0. The zero-order valence-corrected chi connectivity index (χ0v) is 20.2. The van der Waals surface area contributed by atoms with Crippen molar-refractivity contribution in [1.29, 1.82) is 0 Å². The minimum absolute atomic E-state index is 0.0892. The molecule has 4 rings (SSSR count). The molecule has 0 unspecified atom stereocenters. The first-order valence-corrected chi connectivity index (χ1v) is 13.0. The highest BCUT2D eigenvalue weighted by Gasteiger charge is 2.58. The summed E-state index contributed by atoms with van der Waals surface area (Å²) < 4.78 is 0. The maximum absolute atomic E-state index is 10.2. The summed E-state index contributed by atoms with van der Waals surface area (Å²) in [5, 5.41) is 10.2. The van der Waals surface area contributed by atoms with E-state index in [1.165, 1.54) is 38.5 Å². The molecule has 4 aliphatic rings. The fraction of sp³-hybridized carbons (Fsp3) is 0.793. The van der Waals surface area contributed by atoms with Gasteiger partial charge in [0, 0.05) is 0 Å². The van der Waals surface area contributed by atoms with Gasteiger partial charge in [-0.15, -0.1) is 0 Å². The lowest BCUT2D eigenvalue weighted by atomic mass is 9.47. The van der Waals surface area contributed by atoms with Crippen molar-refractivity contribution in [3.05, 3.63) is 36.0 Å². The van der Waals surface area contributed by atoms with Crippen LogP contribution in [0.15, 0.2) is 36.0 Å². The summed E-state index contributed by atoms with van der Waals surface area (Å²) in [6, 6.07) is 0. The second-order valence-electron chi connectivity index (χ2n) is 12.1. The van der Waals surface area contributed by atoms with E-state index < -0.39 is 0 Å². The van der Waals surface area contributed by atoms with E-state index in [9.17, 15) is 5.11 Å². The first kappa shape index (κ1) is 22.4. The minimum Gasteiger partial charge on any atom is -0.393 e. The normalized spacial score (nSPS) is 44.8. The number of aliphatic hydroxyl groups is 1. The van der Waals surface area contributed by atoms with Gasteiger partial charge in [0.2, 0.25) is 0 Å². The quantitative estimate of drug-likeness (QED) is 0.460. The summed E-state index contributed by atoms with van der Waals surface area (Å²) in [6.07, 6.45) is 23.3. The van der Waals surface area contributed by atoms with E-state index in [1.54, 1.807) is 5.57 Å². The molecule has 0 saturated heterocycles. The van der Waals surface area contributed by atoms with Crippen LogP contribution in [0.2, 0.25) is 0 Å². The molecule has 0 aromatic rings. The molecule has 0 radical (unpaired) electrons. The lowest BCUT2D eigenvalue weighted by Gasteiger charge is -2.58. The van der Waals surface area contributed by atoms with Crippen molar-refractivity contribution in [2.75, 3.05) is 0 Å². The Morgan fingerprint density at radius 3 is 2.53 bits per heavy atom. The van der Waals surface area contributed by atoms with Gasteiger partial charge in [0.25, 0.3) is 0 Å². The second kappa shape index (κ2) is 8.61. The lowest BCUT2D eigenvalue weighted by Crippen LogP contribution is -2.50. The Morgan fingerprint density at radius 2 is 1.77 bits per heavy atom. The van der Waals surface area contributed by atoms with Crippen molar-refractivity contribution < 1.29 is 5.11 Å². The van der Waals surface area contributed by atoms with Crippen LogP contribution >= 0.6 is 0 Å². The zero-order valence-electron chi connectivity index (χ0n) is 20.2. The first-order valence-electron chi connectivity index (χ1n) is 13.0. The van der Waals surface area contributed by atoms with Crippen molar-refractivity contribution in [3.63, 3.8) is 0 Å². The maximum Gasteiger partial charge on any atom is 0.0577 e. The Kier molecular flexibility index (Phi) is 6.42. The van der Waals surface area contributed by atoms with E-state index in [-0.39, 0.29) is 6.10 Å². The van der Waals surface area contributed by atoms with E-state index in [1.807, 2.05) is 0 Å². The van der Waals surface area contributed by atoms with E-state index in [2.05, 4.69) is 65.0 Å². The van der Waals surface area contributed by atoms with Gasteiger partial charge in [-0.2, -0.15) is 0 Å². The highest BCUT2D eigenvalue weighted by Crippen LogP contribution is 2.67. The molecular weight excluding hydrogens is 364 g/mol. The van der Waals surface area contributed by atoms with Crippen molar-refractivity contribution in [2.45, 2.75) is 98.5 Å². The highest BCUT2D eigenvalue weighted by molar-refractivity contribution is 5.25. The Balaban J connectivity index is 1.47. The van der Waals surface area contributed by atoms with Gasteiger partial charge in [0.1, 0.15) is 0 Å². The highest BCUT2D eigenvalue weighted by atomic mass is 16.3. The second-order valence-corrected chi connectivity index (χ2v) is 12.1. The smallest absolute Gasteiger partial charge is 0.0577 e. The van der Waals surface area contributed by atoms with Gasteiger partial charge in [-0.25, -0.2) is 0 Å². The molecule has 1 N–H and O–H groups in total. The molecule has 0 bridgehead atoms. The van der Waals surface area contributed by atoms with Gasteiger partial charge < -0.3 is 5.11 Å². The number of hydrogen-bond acceptors (Lipinski definition) is 1. The fourth-order valence-corrected chi connectivity index (χ4v) is 8.40. The standard InChI is InChI=1S/C29H46O/c1-20(2)9-7-6-8-10-21(3)25-13-14-26-24-12-11-22-19-23(30)15-17-28(22,4)27(24)16-18-29(25,26)5/h7-11,20-21,23-27,30H,6,12-19H2,1-5H3/b9-7+,10-8+/t21-,23+,24+,25-,26+,27+,28+,29-/m1/s1. The molecule has 3 fully saturated rings. The molecule has 0 amide bonds. The Labute approximate surface area is 186 Å². The number of allylic oxidation sites excluding steroid dienone is 5. The zero-order chi connectivity index (χ0) is 21.5. The topological polar surface area (TPSA) is 20.2 Å². The molecule has 30 heavy (non-hydrogen) atoms. The van der Waals surface area contributed by atoms with Crippen LogP contribution < -0.4 is 0 Å². The minimum atomic E-state index is -0.0892. The van der Waals surface area contributed by atoms with Crippen LogP contribution in [0.25, 0.3) is 0 Å². The maximum atomic E-state index is 10.2. The predicted molar refractivity (Wildman–Crippen MR) is 128 cm³/mol. The molecule has 0 spiro atoms. The SMILES string of the molecule is CC(C)/C=C/C/C=C/[C@@H](C)[C@H]1CC[C@H]2[C@@H]3CC=C4C[C@@H](O)CC[C@]4(C)[C@H]3CC[C@]12C. The fourth-order valence-electron chi connectivity index (χ4n) is 8.40. The number of aliphatic hydroxyl groups excluding tert-OH is 1. The van der Waals surface area contributed by atoms with Crippen molar-refractivity contribution in [1.82, 2.24) is 0 Å². The van der Waals surface area contributed by atoms with Gasteiger partial charge in [-0.05, 0) is 104 Å². The van der Waals surface area contributed by atoms with Crippen molar-refractivity contribution in [2.24, 2.45) is 46.3 Å². The lowest BCUT2D eigenvalue weighted by molar-refractivity contribution is -0.0540. The summed E-state index contributed by atoms with van der Waals surface area (Å²) in [5.74, 6) is 4.83. The van der Waals surface area contributed by atoms with E-state index in [4.69, 9.17) is 0 Å². The largest absolute Gasteiger partial charge is 0.393 e. The van der Waals surface area contributed by atoms with Crippen LogP contribution in [-0.4, -0.2) is 11.2 Å². The molecule has 0 aromatic heterocycles. The Bertz CT molecular complexity index is 699. The van der Waals surface area contributed by atoms with Gasteiger partial charge in [-0.3, -0.25) is 0 Å². The number of fused-ring (bicyclic) bond motifs is 5. The first-order chi connectivity index (χ1) is 14.3. The van der Waals surface area contributed by atoms with Crippen LogP contribution in [0.4, 0.5) is 0 Å². The monoisotopic (exact) mass is 410 g/mol. The van der Waals surface area contributed by atoms with Crippen molar-refractivity contribution in [3.8, 4) is 0 Å². The van der Waals surface area contributed by atoms with E-state index in [0.29, 0.717) is 22.7 Å². The Hall–Kier alpha value is -0.820. The molecule has 1 heteroatoms. The predicted octanol–water partition coefficient (Wildman–Crippen LogP) is 7.72. The van der Waals surface area contributed by atoms with Crippen LogP contribution in [0.5, 0.6) is 0 Å². The molecule has 8 atom stereocenters. The molecule has 1 nitrogen and oxygen atoms in total. The van der Waals surface area contributed by atoms with Gasteiger partial charge in [0.05, 0.1) is 6.10 Å². The molecular formula is C29H46O. The number of hydrogen-bond donors (Lipinski definition) is 1. The third-order valence-corrected chi connectivity index (χ3v) is 10.0. The average Bonchev–Trinajstić information content (AvgIpc) is 3.05. The average molecular weight is 411 g/mol. The van der Waals surface area contributed by atoms with Gasteiger partial charge in [-0.1, -0.05) is 70.6 Å². The summed E-state index contributed by atoms with van der Waals surface area (Å²) in [4.78, 5) is 0. The summed E-state index contributed by atoms with van der Waals surface area (Å²) in [6.45, 7) is 12.2. The molecule has 0 heterocycles.